The van der Waals surface area contributed by atoms with Gasteiger partial charge in [0, 0.05) is 0 Å². The molecule has 0 saturated carbocycles. The van der Waals surface area contributed by atoms with E-state index < -0.39 is 5.09 Å². The number of unbranched alkanes of at least 4 members (excludes halogenated alkanes) is 13. The van der Waals surface area contributed by atoms with E-state index in [4.69, 9.17) is 15.3 Å². The van der Waals surface area contributed by atoms with Gasteiger partial charge in [-0.3, -0.25) is 0 Å². The number of hydrogen-bond donors (Lipinski definition) is 0. The summed E-state index contributed by atoms with van der Waals surface area (Å²) in [5, 5.41) is 14.8. The van der Waals surface area contributed by atoms with Gasteiger partial charge in [-0.05, 0) is 12.8 Å². The molecule has 157 valence electrons. The minimum atomic E-state index is -1.75. The number of quaternary nitrogens is 1. The summed E-state index contributed by atoms with van der Waals surface area (Å²) in [7, 11) is 6.88. The number of halogens is 1. The van der Waals surface area contributed by atoms with Gasteiger partial charge >= 0.3 is 26.2 Å². The van der Waals surface area contributed by atoms with Gasteiger partial charge in [0.1, 0.15) is 0 Å². The van der Waals surface area contributed by atoms with Crippen LogP contribution in [0.3, 0.4) is 0 Å². The molecule has 0 aromatic heterocycles. The van der Waals surface area contributed by atoms with E-state index in [1.54, 1.807) is 0 Å². The second-order valence-corrected chi connectivity index (χ2v) is 7.83. The van der Waals surface area contributed by atoms with Gasteiger partial charge in [-0.1, -0.05) is 84.0 Å². The normalized spacial score (nSPS) is 10.2. The molecule has 0 heterocycles. The van der Waals surface area contributed by atoms with Gasteiger partial charge in [-0.2, -0.15) is 0 Å². The molecule has 0 aliphatic carbocycles. The maximum Gasteiger partial charge on any atom is 1.00 e. The Bertz CT molecular complexity index is 274. The summed E-state index contributed by atoms with van der Waals surface area (Å²) in [6, 6.07) is 0. The Balaban J connectivity index is -0.000000363. The minimum absolute atomic E-state index is 0. The molecule has 1 radical (unpaired) electrons. The molecule has 0 aliphatic heterocycles. The summed E-state index contributed by atoms with van der Waals surface area (Å²) >= 11 is 0. The molecule has 0 atom stereocenters. The van der Waals surface area contributed by atoms with Gasteiger partial charge in [0.05, 0.1) is 32.8 Å². The summed E-state index contributed by atoms with van der Waals surface area (Å²) in [5.74, 6) is 0. The van der Waals surface area contributed by atoms with Gasteiger partial charge < -0.3 is 36.8 Å². The molecule has 0 unspecified atom stereocenters. The summed E-state index contributed by atoms with van der Waals surface area (Å²) in [4.78, 5) is 8.25. The van der Waals surface area contributed by atoms with Crippen molar-refractivity contribution in [3.05, 3.63) is 15.3 Å². The zero-order valence-electron chi connectivity index (χ0n) is 17.6. The van der Waals surface area contributed by atoms with Crippen molar-refractivity contribution < 1.29 is 52.8 Å². The van der Waals surface area contributed by atoms with Crippen molar-refractivity contribution in [2.24, 2.45) is 0 Å². The van der Waals surface area contributed by atoms with Crippen LogP contribution in [0.1, 0.15) is 96.8 Å². The van der Waals surface area contributed by atoms with Crippen molar-refractivity contribution >= 4 is 0 Å². The Labute approximate surface area is 191 Å². The van der Waals surface area contributed by atoms with Crippen LogP contribution in [0.15, 0.2) is 0 Å². The molecular formula is C19H42BrN2O3Zr. The van der Waals surface area contributed by atoms with Crippen molar-refractivity contribution in [3.8, 4) is 0 Å². The predicted octanol–water partition coefficient (Wildman–Crippen LogP) is 2.94. The molecule has 0 aliphatic rings. The molecule has 5 nitrogen and oxygen atoms in total. The van der Waals surface area contributed by atoms with E-state index in [9.17, 15) is 0 Å². The SMILES string of the molecule is CCCCCCCCCCCCCCCC[N+](C)(C)C.O=[N+]([O-])[O-].[Br-].[Zr+]. The van der Waals surface area contributed by atoms with Gasteiger partial charge in [0.2, 0.25) is 0 Å². The fourth-order valence-corrected chi connectivity index (χ4v) is 2.78. The molecule has 0 bridgehead atoms. The van der Waals surface area contributed by atoms with Crippen LogP contribution < -0.4 is 17.0 Å². The quantitative estimate of drug-likeness (QED) is 0.145. The Morgan fingerprint density at radius 1 is 0.654 bits per heavy atom. The van der Waals surface area contributed by atoms with Gasteiger partial charge in [0.15, 0.2) is 0 Å². The second kappa shape index (κ2) is 25.5. The van der Waals surface area contributed by atoms with Crippen LogP contribution >= 0.6 is 0 Å². The second-order valence-electron chi connectivity index (χ2n) is 7.83. The topological polar surface area (TPSA) is 66.2 Å². The number of rotatable bonds is 15. The molecule has 0 saturated heterocycles. The molecule has 0 N–H and O–H groups in total. The van der Waals surface area contributed by atoms with Crippen LogP contribution in [0.25, 0.3) is 0 Å². The molecule has 0 aromatic carbocycles. The third kappa shape index (κ3) is 44.2. The molecule has 7 heteroatoms. The molecular weight excluding hydrogens is 475 g/mol. The van der Waals surface area contributed by atoms with Crippen molar-refractivity contribution in [1.82, 2.24) is 0 Å². The van der Waals surface area contributed by atoms with E-state index in [1.807, 2.05) is 0 Å². The molecule has 0 rings (SSSR count). The fraction of sp³-hybridized carbons (Fsp3) is 1.00. The smallest absolute Gasteiger partial charge is 1.00 e. The van der Waals surface area contributed by atoms with Crippen molar-refractivity contribution in [3.63, 3.8) is 0 Å². The van der Waals surface area contributed by atoms with Crippen molar-refractivity contribution in [2.45, 2.75) is 96.8 Å². The number of hydrogen-bond acceptors (Lipinski definition) is 3. The number of nitrogens with zero attached hydrogens (tertiary/aromatic N) is 2. The zero-order chi connectivity index (χ0) is 18.7. The predicted molar refractivity (Wildman–Crippen MR) is 104 cm³/mol. The Kier molecular flexibility index (Phi) is 33.4. The van der Waals surface area contributed by atoms with Crippen LogP contribution in [0.5, 0.6) is 0 Å². The standard InChI is InChI=1S/C19H42N.BrH.NO3.Zr/c1-5-6-7-8-9-10-11-12-13-14-15-16-17-18-19-20(2,3)4;;2-1(3)4;/h5-19H2,1-4H3;1H;;/q+1;;-1;+1/p-1. The van der Waals surface area contributed by atoms with Crippen molar-refractivity contribution in [2.75, 3.05) is 27.7 Å². The fourth-order valence-electron chi connectivity index (χ4n) is 2.78. The third-order valence-electron chi connectivity index (χ3n) is 4.18. The van der Waals surface area contributed by atoms with Crippen LogP contribution in [0, 0.1) is 15.3 Å². The first-order chi connectivity index (χ1) is 11.3. The maximum absolute atomic E-state index is 8.25. The van der Waals surface area contributed by atoms with E-state index in [-0.39, 0.29) is 43.2 Å². The maximum atomic E-state index is 8.25. The minimum Gasteiger partial charge on any atom is -1.00 e. The Morgan fingerprint density at radius 2 is 0.885 bits per heavy atom. The van der Waals surface area contributed by atoms with Gasteiger partial charge in [-0.25, -0.2) is 0 Å². The third-order valence-corrected chi connectivity index (χ3v) is 4.18. The Hall–Kier alpha value is 0.523. The van der Waals surface area contributed by atoms with Crippen LogP contribution in [0.4, 0.5) is 0 Å². The summed E-state index contributed by atoms with van der Waals surface area (Å²) in [6.45, 7) is 3.63. The van der Waals surface area contributed by atoms with Crippen LogP contribution in [0.2, 0.25) is 0 Å². The van der Waals surface area contributed by atoms with E-state index in [0.717, 1.165) is 4.48 Å². The van der Waals surface area contributed by atoms with Crippen LogP contribution in [-0.4, -0.2) is 37.3 Å². The largest absolute Gasteiger partial charge is 1.00 e. The molecule has 0 amide bonds. The molecule has 0 spiro atoms. The summed E-state index contributed by atoms with van der Waals surface area (Å²) in [5.41, 5.74) is 0. The molecule has 26 heavy (non-hydrogen) atoms. The van der Waals surface area contributed by atoms with E-state index in [2.05, 4.69) is 28.1 Å². The van der Waals surface area contributed by atoms with E-state index in [0.29, 0.717) is 0 Å². The first-order valence-electron chi connectivity index (χ1n) is 9.91. The first-order valence-corrected chi connectivity index (χ1v) is 9.91. The zero-order valence-corrected chi connectivity index (χ0v) is 21.6. The van der Waals surface area contributed by atoms with Crippen molar-refractivity contribution in [1.29, 1.82) is 0 Å². The molecule has 0 aromatic rings. The average molecular weight is 518 g/mol. The van der Waals surface area contributed by atoms with Gasteiger partial charge in [0.25, 0.3) is 0 Å². The summed E-state index contributed by atoms with van der Waals surface area (Å²) in [6.07, 6.45) is 20.4. The Morgan fingerprint density at radius 3 is 1.12 bits per heavy atom. The molecule has 0 fully saturated rings. The monoisotopic (exact) mass is 515 g/mol. The first kappa shape index (κ1) is 34.1. The van der Waals surface area contributed by atoms with E-state index >= 15 is 0 Å². The van der Waals surface area contributed by atoms with E-state index in [1.165, 1.54) is 96.4 Å². The van der Waals surface area contributed by atoms with Gasteiger partial charge in [-0.15, -0.1) is 0 Å². The van der Waals surface area contributed by atoms with Crippen LogP contribution in [-0.2, 0) is 26.2 Å². The average Bonchev–Trinajstić information content (AvgIpc) is 2.46. The summed E-state index contributed by atoms with van der Waals surface area (Å²) < 4.78 is 1.12.